The number of pyridine rings is 1. The van der Waals surface area contributed by atoms with Crippen LogP contribution < -0.4 is 5.32 Å². The van der Waals surface area contributed by atoms with Crippen molar-refractivity contribution in [2.75, 3.05) is 6.54 Å². The minimum absolute atomic E-state index is 0.169. The van der Waals surface area contributed by atoms with Crippen LogP contribution in [0.2, 0.25) is 0 Å². The van der Waals surface area contributed by atoms with E-state index in [1.165, 1.54) is 19.0 Å². The minimum Gasteiger partial charge on any atom is -0.350 e. The lowest BCUT2D eigenvalue weighted by Gasteiger charge is -2.09. The molecule has 0 atom stereocenters. The molecule has 0 bridgehead atoms. The Kier molecular flexibility index (Phi) is 2.61. The molecule has 1 aliphatic rings. The lowest BCUT2D eigenvalue weighted by Crippen LogP contribution is -2.29. The first-order chi connectivity index (χ1) is 7.63. The van der Waals surface area contributed by atoms with Gasteiger partial charge >= 0.3 is 0 Å². The summed E-state index contributed by atoms with van der Waals surface area (Å²) in [6, 6.07) is 5.14. The maximum Gasteiger partial charge on any atom is 0.269 e. The first-order valence-electron chi connectivity index (χ1n) is 5.27. The molecule has 1 fully saturated rings. The monoisotopic (exact) mass is 215 g/mol. The van der Waals surface area contributed by atoms with Gasteiger partial charge in [0.1, 0.15) is 11.8 Å². The molecule has 2 rings (SSSR count). The van der Waals surface area contributed by atoms with Crippen LogP contribution in [0.15, 0.2) is 18.3 Å². The first kappa shape index (κ1) is 10.6. The van der Waals surface area contributed by atoms with E-state index in [4.69, 9.17) is 5.26 Å². The molecule has 0 radical (unpaired) electrons. The van der Waals surface area contributed by atoms with E-state index in [1.54, 1.807) is 12.1 Å². The van der Waals surface area contributed by atoms with E-state index in [0.717, 1.165) is 0 Å². The number of nitriles is 1. The molecule has 1 heterocycles. The first-order valence-corrected chi connectivity index (χ1v) is 5.27. The van der Waals surface area contributed by atoms with Crippen LogP contribution in [0.5, 0.6) is 0 Å². The van der Waals surface area contributed by atoms with Crippen LogP contribution in [-0.2, 0) is 0 Å². The summed E-state index contributed by atoms with van der Waals surface area (Å²) < 4.78 is 0. The Labute approximate surface area is 94.3 Å². The number of nitrogens with zero attached hydrogens (tertiary/aromatic N) is 2. The fourth-order valence-electron chi connectivity index (χ4n) is 1.37. The number of rotatable bonds is 3. The van der Waals surface area contributed by atoms with Crippen molar-refractivity contribution in [3.63, 3.8) is 0 Å². The Morgan fingerprint density at radius 1 is 1.62 bits per heavy atom. The molecule has 82 valence electrons. The van der Waals surface area contributed by atoms with Gasteiger partial charge in [-0.25, -0.2) is 4.98 Å². The van der Waals surface area contributed by atoms with Crippen LogP contribution in [0.1, 0.15) is 35.8 Å². The highest BCUT2D eigenvalue weighted by atomic mass is 16.1. The van der Waals surface area contributed by atoms with Gasteiger partial charge in [0.25, 0.3) is 5.91 Å². The third kappa shape index (κ3) is 2.37. The fraction of sp³-hybridized carbons (Fsp3) is 0.417. The molecule has 4 nitrogen and oxygen atoms in total. The number of amides is 1. The predicted molar refractivity (Wildman–Crippen MR) is 58.6 cm³/mol. The molecule has 4 heteroatoms. The number of hydrogen-bond acceptors (Lipinski definition) is 3. The van der Waals surface area contributed by atoms with Crippen molar-refractivity contribution >= 4 is 5.91 Å². The van der Waals surface area contributed by atoms with Crippen molar-refractivity contribution in [3.8, 4) is 6.07 Å². The smallest absolute Gasteiger partial charge is 0.269 e. The lowest BCUT2D eigenvalue weighted by atomic mass is 10.1. The van der Waals surface area contributed by atoms with Gasteiger partial charge in [-0.2, -0.15) is 5.26 Å². The summed E-state index contributed by atoms with van der Waals surface area (Å²) in [6.45, 7) is 2.85. The van der Waals surface area contributed by atoms with E-state index >= 15 is 0 Å². The van der Waals surface area contributed by atoms with Crippen molar-refractivity contribution in [1.29, 1.82) is 5.26 Å². The molecule has 0 aliphatic heterocycles. The predicted octanol–water partition coefficient (Wildman–Crippen LogP) is 1.48. The highest BCUT2D eigenvalue weighted by Crippen LogP contribution is 2.44. The van der Waals surface area contributed by atoms with Crippen LogP contribution in [-0.4, -0.2) is 17.4 Å². The second-order valence-corrected chi connectivity index (χ2v) is 4.54. The summed E-state index contributed by atoms with van der Waals surface area (Å²) in [4.78, 5) is 15.6. The summed E-state index contributed by atoms with van der Waals surface area (Å²) in [5.74, 6) is -0.169. The Bertz CT molecular complexity index is 440. The topological polar surface area (TPSA) is 65.8 Å². The summed E-state index contributed by atoms with van der Waals surface area (Å²) >= 11 is 0. The van der Waals surface area contributed by atoms with E-state index in [2.05, 4.69) is 17.2 Å². The number of hydrogen-bond donors (Lipinski definition) is 1. The van der Waals surface area contributed by atoms with Crippen LogP contribution in [0.25, 0.3) is 0 Å². The summed E-state index contributed by atoms with van der Waals surface area (Å²) in [6.07, 6.45) is 3.76. The van der Waals surface area contributed by atoms with E-state index in [0.29, 0.717) is 23.2 Å². The molecule has 1 amide bonds. The van der Waals surface area contributed by atoms with Gasteiger partial charge in [0, 0.05) is 12.7 Å². The molecule has 1 N–H and O–H groups in total. The van der Waals surface area contributed by atoms with E-state index in [1.807, 2.05) is 6.07 Å². The van der Waals surface area contributed by atoms with Gasteiger partial charge in [-0.05, 0) is 30.4 Å². The van der Waals surface area contributed by atoms with E-state index < -0.39 is 0 Å². The third-order valence-electron chi connectivity index (χ3n) is 2.90. The van der Waals surface area contributed by atoms with Crippen molar-refractivity contribution in [2.24, 2.45) is 5.41 Å². The second-order valence-electron chi connectivity index (χ2n) is 4.54. The molecular weight excluding hydrogens is 202 g/mol. The average molecular weight is 215 g/mol. The maximum absolute atomic E-state index is 11.7. The van der Waals surface area contributed by atoms with Gasteiger partial charge in [-0.15, -0.1) is 0 Å². The van der Waals surface area contributed by atoms with Crippen LogP contribution in [0.3, 0.4) is 0 Å². The number of carbonyl (C=O) groups excluding carboxylic acids is 1. The Morgan fingerprint density at radius 3 is 2.88 bits per heavy atom. The largest absolute Gasteiger partial charge is 0.350 e. The van der Waals surface area contributed by atoms with Gasteiger partial charge in [0.15, 0.2) is 0 Å². The van der Waals surface area contributed by atoms with Crippen molar-refractivity contribution in [2.45, 2.75) is 19.8 Å². The van der Waals surface area contributed by atoms with E-state index in [-0.39, 0.29) is 5.91 Å². The highest BCUT2D eigenvalue weighted by molar-refractivity contribution is 5.92. The molecule has 1 aromatic rings. The molecule has 0 unspecified atom stereocenters. The number of nitrogens with one attached hydrogen (secondary N) is 1. The van der Waals surface area contributed by atoms with Crippen molar-refractivity contribution < 1.29 is 4.79 Å². The van der Waals surface area contributed by atoms with Crippen LogP contribution >= 0.6 is 0 Å². The Hall–Kier alpha value is -1.89. The molecule has 0 saturated heterocycles. The van der Waals surface area contributed by atoms with Gasteiger partial charge in [-0.1, -0.05) is 6.92 Å². The average Bonchev–Trinajstić information content (AvgIpc) is 3.05. The molecule has 16 heavy (non-hydrogen) atoms. The fourth-order valence-corrected chi connectivity index (χ4v) is 1.37. The van der Waals surface area contributed by atoms with Gasteiger partial charge in [-0.3, -0.25) is 4.79 Å². The Balaban J connectivity index is 1.95. The van der Waals surface area contributed by atoms with Crippen LogP contribution in [0.4, 0.5) is 0 Å². The van der Waals surface area contributed by atoms with Crippen molar-refractivity contribution in [3.05, 3.63) is 29.6 Å². The molecule has 0 aromatic carbocycles. The molecule has 1 aliphatic carbocycles. The van der Waals surface area contributed by atoms with Gasteiger partial charge in [0.2, 0.25) is 0 Å². The molecular formula is C12H13N3O. The number of carbonyl (C=O) groups is 1. The maximum atomic E-state index is 11.7. The zero-order valence-corrected chi connectivity index (χ0v) is 9.16. The summed E-state index contributed by atoms with van der Waals surface area (Å²) in [5, 5.41) is 11.4. The summed E-state index contributed by atoms with van der Waals surface area (Å²) in [5.41, 5.74) is 1.12. The second kappa shape index (κ2) is 3.93. The zero-order chi connectivity index (χ0) is 11.6. The lowest BCUT2D eigenvalue weighted by molar-refractivity contribution is 0.0941. The standard InChI is InChI=1S/C12H13N3O/c1-12(4-5-12)8-15-11(16)10-3-2-9(6-13)7-14-10/h2-3,7H,4-5,8H2,1H3,(H,15,16). The normalized spacial score (nSPS) is 16.2. The number of aromatic nitrogens is 1. The highest BCUT2D eigenvalue weighted by Gasteiger charge is 2.37. The molecule has 1 saturated carbocycles. The quantitative estimate of drug-likeness (QED) is 0.830. The van der Waals surface area contributed by atoms with E-state index in [9.17, 15) is 4.79 Å². The van der Waals surface area contributed by atoms with Gasteiger partial charge in [0.05, 0.1) is 5.56 Å². The zero-order valence-electron chi connectivity index (χ0n) is 9.16. The minimum atomic E-state index is -0.169. The third-order valence-corrected chi connectivity index (χ3v) is 2.90. The Morgan fingerprint density at radius 2 is 2.38 bits per heavy atom. The van der Waals surface area contributed by atoms with Crippen LogP contribution in [0, 0.1) is 16.7 Å². The molecule has 1 aromatic heterocycles. The van der Waals surface area contributed by atoms with Crippen molar-refractivity contribution in [1.82, 2.24) is 10.3 Å². The molecule has 0 spiro atoms. The SMILES string of the molecule is CC1(CNC(=O)c2ccc(C#N)cn2)CC1. The van der Waals surface area contributed by atoms with Gasteiger partial charge < -0.3 is 5.32 Å². The summed E-state index contributed by atoms with van der Waals surface area (Å²) in [7, 11) is 0.